The predicted octanol–water partition coefficient (Wildman–Crippen LogP) is 12.5. The zero-order valence-electron chi connectivity index (χ0n) is 32.4. The lowest BCUT2D eigenvalue weighted by atomic mass is 10.0. The zero-order chi connectivity index (χ0) is 33.1. The van der Waals surface area contributed by atoms with Crippen molar-refractivity contribution in [2.24, 2.45) is 47.3 Å². The van der Waals surface area contributed by atoms with Crippen LogP contribution in [0.2, 0.25) is 0 Å². The van der Waals surface area contributed by atoms with Crippen LogP contribution in [0.4, 0.5) is 0 Å². The first-order chi connectivity index (χ1) is 23.1. The fraction of sp³-hybridized carbons (Fsp3) is 1.00. The summed E-state index contributed by atoms with van der Waals surface area (Å²) in [5, 5.41) is 0. The van der Waals surface area contributed by atoms with Crippen LogP contribution >= 0.6 is 0 Å². The Balaban J connectivity index is 0.864. The summed E-state index contributed by atoms with van der Waals surface area (Å²) in [7, 11) is 4.30. The van der Waals surface area contributed by atoms with Gasteiger partial charge >= 0.3 is 0 Å². The van der Waals surface area contributed by atoms with Crippen molar-refractivity contribution < 1.29 is 9.47 Å². The van der Waals surface area contributed by atoms with E-state index in [2.05, 4.69) is 32.8 Å². The summed E-state index contributed by atoms with van der Waals surface area (Å²) in [4.78, 5) is 2.25. The largest absolute Gasteiger partial charge is 0.379 e. The first-order valence-electron chi connectivity index (χ1n) is 21.9. The Morgan fingerprint density at radius 3 is 1.28 bits per heavy atom. The summed E-state index contributed by atoms with van der Waals surface area (Å²) >= 11 is 0. The highest BCUT2D eigenvalue weighted by Gasteiger charge is 2.45. The number of nitrogens with zero attached hydrogens (tertiary/aromatic N) is 1. The van der Waals surface area contributed by atoms with Crippen molar-refractivity contribution >= 4 is 0 Å². The van der Waals surface area contributed by atoms with Gasteiger partial charge in [0.25, 0.3) is 0 Å². The third-order valence-corrected chi connectivity index (χ3v) is 12.9. The molecule has 4 aliphatic rings. The molecular weight excluding hydrogens is 574 g/mol. The first kappa shape index (κ1) is 39.7. The molecule has 3 nitrogen and oxygen atoms in total. The van der Waals surface area contributed by atoms with Gasteiger partial charge in [-0.1, -0.05) is 136 Å². The van der Waals surface area contributed by atoms with E-state index in [1.807, 2.05) is 0 Å². The molecule has 4 aliphatic carbocycles. The topological polar surface area (TPSA) is 21.7 Å². The monoisotopic (exact) mass is 658 g/mol. The van der Waals surface area contributed by atoms with Crippen LogP contribution in [-0.4, -0.2) is 51.5 Å². The molecular formula is C44H83NO2. The molecule has 9 atom stereocenters. The van der Waals surface area contributed by atoms with Crippen LogP contribution in [0.25, 0.3) is 0 Å². The summed E-state index contributed by atoms with van der Waals surface area (Å²) in [6.07, 6.45) is 39.5. The van der Waals surface area contributed by atoms with Gasteiger partial charge in [0.15, 0.2) is 0 Å². The molecule has 4 fully saturated rings. The van der Waals surface area contributed by atoms with E-state index >= 15 is 0 Å². The molecule has 0 amide bonds. The summed E-state index contributed by atoms with van der Waals surface area (Å²) in [6.45, 7) is 8.18. The number of hydrogen-bond donors (Lipinski definition) is 0. The van der Waals surface area contributed by atoms with E-state index in [9.17, 15) is 0 Å². The van der Waals surface area contributed by atoms with Gasteiger partial charge in [-0.15, -0.1) is 0 Å². The van der Waals surface area contributed by atoms with Gasteiger partial charge in [0.05, 0.1) is 12.7 Å². The molecule has 9 unspecified atom stereocenters. The highest BCUT2D eigenvalue weighted by Crippen LogP contribution is 2.55. The Morgan fingerprint density at radius 1 is 0.468 bits per heavy atom. The molecule has 0 heterocycles. The number of rotatable bonds is 34. The molecule has 4 saturated carbocycles. The summed E-state index contributed by atoms with van der Waals surface area (Å²) in [6, 6.07) is 0. The maximum Gasteiger partial charge on any atom is 0.0934 e. The standard InChI is InChI=1S/C44H83NO2/c1-5-7-16-22-36-28-40(36)32-42-30-38(42)24-18-12-9-10-15-21-27-47-44(34-45(3)4)35-46-26-20-14-11-13-19-25-39-31-43(39)33-41-29-37(41)23-17-8-6-2/h36-44H,5-35H2,1-4H3. The van der Waals surface area contributed by atoms with E-state index < -0.39 is 0 Å². The Kier molecular flexibility index (Phi) is 19.7. The second-order valence-corrected chi connectivity index (χ2v) is 17.8. The van der Waals surface area contributed by atoms with Gasteiger partial charge in [0.2, 0.25) is 0 Å². The molecule has 3 heteroatoms. The van der Waals surface area contributed by atoms with Crippen LogP contribution in [0.15, 0.2) is 0 Å². The number of likely N-dealkylation sites (N-methyl/N-ethyl adjacent to an activating group) is 1. The molecule has 0 aromatic rings. The van der Waals surface area contributed by atoms with Gasteiger partial charge in [-0.25, -0.2) is 0 Å². The highest BCUT2D eigenvalue weighted by atomic mass is 16.5. The Morgan fingerprint density at radius 2 is 0.851 bits per heavy atom. The second-order valence-electron chi connectivity index (χ2n) is 17.8. The third kappa shape index (κ3) is 18.1. The van der Waals surface area contributed by atoms with Crippen molar-refractivity contribution in [3.8, 4) is 0 Å². The molecule has 47 heavy (non-hydrogen) atoms. The molecule has 276 valence electrons. The molecule has 0 aromatic heterocycles. The fourth-order valence-electron chi connectivity index (χ4n) is 9.28. The van der Waals surface area contributed by atoms with Crippen LogP contribution in [0.1, 0.15) is 187 Å². The predicted molar refractivity (Wildman–Crippen MR) is 203 cm³/mol. The van der Waals surface area contributed by atoms with Crippen molar-refractivity contribution in [3.63, 3.8) is 0 Å². The SMILES string of the molecule is CCCCCC1CC1CC1CC1CCCCCCCCOC(COCCCCCCCC1CC1CC1CC1CCCCC)CN(C)C. The molecule has 0 bridgehead atoms. The van der Waals surface area contributed by atoms with Gasteiger partial charge in [-0.05, 0) is 113 Å². The fourth-order valence-corrected chi connectivity index (χ4v) is 9.28. The minimum absolute atomic E-state index is 0.215. The van der Waals surface area contributed by atoms with Crippen molar-refractivity contribution in [1.82, 2.24) is 4.90 Å². The van der Waals surface area contributed by atoms with Crippen molar-refractivity contribution in [3.05, 3.63) is 0 Å². The van der Waals surface area contributed by atoms with Gasteiger partial charge in [-0.3, -0.25) is 0 Å². The number of hydrogen-bond acceptors (Lipinski definition) is 3. The van der Waals surface area contributed by atoms with Crippen LogP contribution in [-0.2, 0) is 9.47 Å². The summed E-state index contributed by atoms with van der Waals surface area (Å²) in [5.41, 5.74) is 0. The van der Waals surface area contributed by atoms with Gasteiger partial charge in [0, 0.05) is 19.8 Å². The van der Waals surface area contributed by atoms with Crippen molar-refractivity contribution in [2.75, 3.05) is 40.5 Å². The molecule has 0 saturated heterocycles. The third-order valence-electron chi connectivity index (χ3n) is 12.9. The average Bonchev–Trinajstić information content (AvgIpc) is 3.87. The smallest absolute Gasteiger partial charge is 0.0934 e. The van der Waals surface area contributed by atoms with E-state index in [0.717, 1.165) is 73.7 Å². The Labute approximate surface area is 294 Å². The van der Waals surface area contributed by atoms with Crippen molar-refractivity contribution in [1.29, 1.82) is 0 Å². The maximum absolute atomic E-state index is 6.29. The molecule has 0 radical (unpaired) electrons. The molecule has 0 spiro atoms. The normalized spacial score (nSPS) is 29.8. The van der Waals surface area contributed by atoms with E-state index in [1.54, 1.807) is 38.5 Å². The van der Waals surface area contributed by atoms with E-state index in [4.69, 9.17) is 9.47 Å². The molecule has 0 N–H and O–H groups in total. The number of ether oxygens (including phenoxy) is 2. The van der Waals surface area contributed by atoms with Crippen LogP contribution in [0.3, 0.4) is 0 Å². The van der Waals surface area contributed by atoms with E-state index in [1.165, 1.54) is 135 Å². The quantitative estimate of drug-likeness (QED) is 0.0643. The molecule has 0 aromatic carbocycles. The van der Waals surface area contributed by atoms with E-state index in [0.29, 0.717) is 0 Å². The molecule has 4 rings (SSSR count). The maximum atomic E-state index is 6.29. The lowest BCUT2D eigenvalue weighted by Gasteiger charge is -2.21. The first-order valence-corrected chi connectivity index (χ1v) is 21.9. The van der Waals surface area contributed by atoms with Crippen LogP contribution in [0, 0.1) is 47.3 Å². The lowest BCUT2D eigenvalue weighted by Crippen LogP contribution is -2.32. The minimum atomic E-state index is 0.215. The summed E-state index contributed by atoms with van der Waals surface area (Å²) in [5.74, 6) is 8.92. The summed E-state index contributed by atoms with van der Waals surface area (Å²) < 4.78 is 12.4. The van der Waals surface area contributed by atoms with Gasteiger partial charge in [0.1, 0.15) is 0 Å². The molecule has 0 aliphatic heterocycles. The van der Waals surface area contributed by atoms with Gasteiger partial charge < -0.3 is 14.4 Å². The average molecular weight is 658 g/mol. The van der Waals surface area contributed by atoms with Gasteiger partial charge in [-0.2, -0.15) is 0 Å². The minimum Gasteiger partial charge on any atom is -0.379 e. The van der Waals surface area contributed by atoms with Crippen LogP contribution in [0.5, 0.6) is 0 Å². The second kappa shape index (κ2) is 23.4. The Hall–Kier alpha value is -0.120. The van der Waals surface area contributed by atoms with E-state index in [-0.39, 0.29) is 6.10 Å². The van der Waals surface area contributed by atoms with Crippen molar-refractivity contribution in [2.45, 2.75) is 193 Å². The highest BCUT2D eigenvalue weighted by molar-refractivity contribution is 4.95. The number of unbranched alkanes of at least 4 members (excludes halogenated alkanes) is 13. The van der Waals surface area contributed by atoms with Crippen LogP contribution < -0.4 is 0 Å². The zero-order valence-corrected chi connectivity index (χ0v) is 32.4. The Bertz CT molecular complexity index is 712. The lowest BCUT2D eigenvalue weighted by molar-refractivity contribution is -0.0287.